The van der Waals surface area contributed by atoms with Gasteiger partial charge in [0.05, 0.1) is 16.8 Å². The number of piperazine rings is 1. The summed E-state index contributed by atoms with van der Waals surface area (Å²) in [6.07, 6.45) is 1.04. The summed E-state index contributed by atoms with van der Waals surface area (Å²) >= 11 is 1.74. The number of aryl methyl sites for hydroxylation is 1. The number of ether oxygens (including phenoxy) is 1. The van der Waals surface area contributed by atoms with Crippen LogP contribution in [0.2, 0.25) is 0 Å². The summed E-state index contributed by atoms with van der Waals surface area (Å²) in [7, 11) is 0. The van der Waals surface area contributed by atoms with E-state index in [0.29, 0.717) is 25.3 Å². The van der Waals surface area contributed by atoms with E-state index in [1.165, 1.54) is 10.3 Å². The molecule has 1 amide bonds. The number of benzene rings is 2. The Kier molecular flexibility index (Phi) is 5.48. The van der Waals surface area contributed by atoms with Crippen LogP contribution in [0.15, 0.2) is 42.5 Å². The van der Waals surface area contributed by atoms with Gasteiger partial charge in [-0.1, -0.05) is 24.3 Å². The van der Waals surface area contributed by atoms with Crippen molar-refractivity contribution >= 4 is 32.6 Å². The van der Waals surface area contributed by atoms with Gasteiger partial charge in [-0.25, -0.2) is 4.98 Å². The van der Waals surface area contributed by atoms with E-state index >= 15 is 0 Å². The van der Waals surface area contributed by atoms with Gasteiger partial charge in [0.25, 0.3) is 5.91 Å². The van der Waals surface area contributed by atoms with Gasteiger partial charge in [0, 0.05) is 31.7 Å². The molecule has 5 nitrogen and oxygen atoms in total. The van der Waals surface area contributed by atoms with Crippen LogP contribution in [0, 0.1) is 0 Å². The fraction of sp³-hybridized carbons (Fsp3) is 0.364. The fourth-order valence-corrected chi connectivity index (χ4v) is 4.54. The lowest BCUT2D eigenvalue weighted by molar-refractivity contribution is 0.0746. The van der Waals surface area contributed by atoms with Gasteiger partial charge in [-0.15, -0.1) is 0 Å². The number of thiazole rings is 1. The van der Waals surface area contributed by atoms with Crippen LogP contribution < -0.4 is 9.64 Å². The van der Waals surface area contributed by atoms with Crippen LogP contribution >= 0.6 is 11.3 Å². The second-order valence-electron chi connectivity index (χ2n) is 6.89. The quantitative estimate of drug-likeness (QED) is 0.649. The third-order valence-electron chi connectivity index (χ3n) is 5.10. The molecule has 0 radical (unpaired) electrons. The number of carbonyl (C=O) groups excluding carboxylic acids is 1. The van der Waals surface area contributed by atoms with E-state index in [1.54, 1.807) is 11.3 Å². The number of amides is 1. The Morgan fingerprint density at radius 3 is 2.50 bits per heavy atom. The van der Waals surface area contributed by atoms with Crippen molar-refractivity contribution in [3.8, 4) is 5.75 Å². The molecule has 6 heteroatoms. The maximum absolute atomic E-state index is 12.8. The van der Waals surface area contributed by atoms with Crippen molar-refractivity contribution < 1.29 is 9.53 Å². The smallest absolute Gasteiger partial charge is 0.253 e. The van der Waals surface area contributed by atoms with E-state index in [1.807, 2.05) is 36.1 Å². The fourth-order valence-electron chi connectivity index (χ4n) is 3.46. The van der Waals surface area contributed by atoms with Gasteiger partial charge in [-0.3, -0.25) is 4.79 Å². The van der Waals surface area contributed by atoms with E-state index in [9.17, 15) is 4.79 Å². The van der Waals surface area contributed by atoms with Crippen LogP contribution in [0.25, 0.3) is 10.2 Å². The minimum atomic E-state index is 0.0829. The monoisotopic (exact) mass is 395 g/mol. The summed E-state index contributed by atoms with van der Waals surface area (Å²) in [5.74, 6) is 0.880. The first-order valence-corrected chi connectivity index (χ1v) is 10.7. The Balaban J connectivity index is 1.40. The minimum Gasteiger partial charge on any atom is -0.494 e. The first-order chi connectivity index (χ1) is 13.7. The van der Waals surface area contributed by atoms with Crippen molar-refractivity contribution in [3.05, 3.63) is 53.6 Å². The Bertz CT molecular complexity index is 960. The highest BCUT2D eigenvalue weighted by Crippen LogP contribution is 2.30. The highest BCUT2D eigenvalue weighted by atomic mass is 32.1. The average molecular weight is 396 g/mol. The zero-order valence-corrected chi connectivity index (χ0v) is 17.2. The topological polar surface area (TPSA) is 45.7 Å². The SMILES string of the molecule is CCOc1ccc(C(=O)N2CCN(c3nc4ccc(CC)cc4s3)CC2)cc1. The standard InChI is InChI=1S/C22H25N3O2S/c1-3-16-5-10-19-20(15-16)28-22(23-19)25-13-11-24(12-14-25)21(26)17-6-8-18(9-7-17)27-4-2/h5-10,15H,3-4,11-14H2,1-2H3. The van der Waals surface area contributed by atoms with Gasteiger partial charge in [-0.05, 0) is 55.3 Å². The molecule has 2 heterocycles. The molecule has 1 aromatic heterocycles. The molecule has 0 unspecified atom stereocenters. The van der Waals surface area contributed by atoms with Crippen molar-refractivity contribution in [1.29, 1.82) is 0 Å². The van der Waals surface area contributed by atoms with E-state index < -0.39 is 0 Å². The van der Waals surface area contributed by atoms with Gasteiger partial charge in [-0.2, -0.15) is 0 Å². The molecular weight excluding hydrogens is 370 g/mol. The van der Waals surface area contributed by atoms with Crippen molar-refractivity contribution in [2.24, 2.45) is 0 Å². The molecule has 3 aromatic rings. The molecule has 0 bridgehead atoms. The molecule has 28 heavy (non-hydrogen) atoms. The molecule has 0 atom stereocenters. The van der Waals surface area contributed by atoms with Crippen LogP contribution in [0.1, 0.15) is 29.8 Å². The molecule has 2 aromatic carbocycles. The summed E-state index contributed by atoms with van der Waals surface area (Å²) in [4.78, 5) is 21.8. The predicted molar refractivity (Wildman–Crippen MR) is 115 cm³/mol. The molecule has 0 spiro atoms. The first kappa shape index (κ1) is 18.7. The lowest BCUT2D eigenvalue weighted by atomic mass is 10.1. The van der Waals surface area contributed by atoms with E-state index in [4.69, 9.17) is 9.72 Å². The number of anilines is 1. The largest absolute Gasteiger partial charge is 0.494 e. The molecule has 1 saturated heterocycles. The van der Waals surface area contributed by atoms with Crippen molar-refractivity contribution in [2.75, 3.05) is 37.7 Å². The molecule has 0 aliphatic carbocycles. The van der Waals surface area contributed by atoms with Gasteiger partial charge in [0.2, 0.25) is 0 Å². The normalized spacial score (nSPS) is 14.5. The number of rotatable bonds is 5. The van der Waals surface area contributed by atoms with Crippen LogP contribution in [0.5, 0.6) is 5.75 Å². The van der Waals surface area contributed by atoms with Gasteiger partial charge in [0.1, 0.15) is 5.75 Å². The first-order valence-electron chi connectivity index (χ1n) is 9.84. The Hall–Kier alpha value is -2.60. The number of fused-ring (bicyclic) bond motifs is 1. The molecule has 1 aliphatic rings. The summed E-state index contributed by atoms with van der Waals surface area (Å²) in [5, 5.41) is 1.05. The third kappa shape index (κ3) is 3.83. The van der Waals surface area contributed by atoms with Crippen LogP contribution in [0.4, 0.5) is 5.13 Å². The highest BCUT2D eigenvalue weighted by Gasteiger charge is 2.24. The molecule has 4 rings (SSSR count). The Labute approximate surface area is 169 Å². The van der Waals surface area contributed by atoms with Crippen molar-refractivity contribution in [2.45, 2.75) is 20.3 Å². The number of hydrogen-bond acceptors (Lipinski definition) is 5. The zero-order chi connectivity index (χ0) is 19.5. The molecule has 146 valence electrons. The summed E-state index contributed by atoms with van der Waals surface area (Å²) in [5.41, 5.74) is 3.11. The highest BCUT2D eigenvalue weighted by molar-refractivity contribution is 7.22. The van der Waals surface area contributed by atoms with Gasteiger partial charge >= 0.3 is 0 Å². The molecule has 1 aliphatic heterocycles. The second kappa shape index (κ2) is 8.19. The number of aromatic nitrogens is 1. The minimum absolute atomic E-state index is 0.0829. The van der Waals surface area contributed by atoms with E-state index in [2.05, 4.69) is 30.0 Å². The van der Waals surface area contributed by atoms with Crippen molar-refractivity contribution in [1.82, 2.24) is 9.88 Å². The zero-order valence-electron chi connectivity index (χ0n) is 16.4. The lowest BCUT2D eigenvalue weighted by Crippen LogP contribution is -2.48. The maximum atomic E-state index is 12.8. The molecule has 0 N–H and O–H groups in total. The Morgan fingerprint density at radius 2 is 1.82 bits per heavy atom. The number of nitrogens with zero attached hydrogens (tertiary/aromatic N) is 3. The van der Waals surface area contributed by atoms with Gasteiger partial charge < -0.3 is 14.5 Å². The second-order valence-corrected chi connectivity index (χ2v) is 7.90. The molecule has 1 fully saturated rings. The van der Waals surface area contributed by atoms with Gasteiger partial charge in [0.15, 0.2) is 5.13 Å². The van der Waals surface area contributed by atoms with Crippen LogP contribution in [0.3, 0.4) is 0 Å². The molecule has 0 saturated carbocycles. The lowest BCUT2D eigenvalue weighted by Gasteiger charge is -2.34. The Morgan fingerprint density at radius 1 is 1.07 bits per heavy atom. The number of carbonyl (C=O) groups is 1. The van der Waals surface area contributed by atoms with Crippen molar-refractivity contribution in [3.63, 3.8) is 0 Å². The van der Waals surface area contributed by atoms with E-state index in [-0.39, 0.29) is 5.91 Å². The van der Waals surface area contributed by atoms with Crippen LogP contribution in [-0.4, -0.2) is 48.6 Å². The number of hydrogen-bond donors (Lipinski definition) is 0. The maximum Gasteiger partial charge on any atom is 0.253 e. The van der Waals surface area contributed by atoms with Crippen LogP contribution in [-0.2, 0) is 6.42 Å². The van der Waals surface area contributed by atoms with E-state index in [0.717, 1.165) is 35.9 Å². The summed E-state index contributed by atoms with van der Waals surface area (Å²) in [6.45, 7) is 7.79. The summed E-state index contributed by atoms with van der Waals surface area (Å²) < 4.78 is 6.69. The average Bonchev–Trinajstić information content (AvgIpc) is 3.17. The third-order valence-corrected chi connectivity index (χ3v) is 6.18. The predicted octanol–water partition coefficient (Wildman–Crippen LogP) is 4.22. The molecular formula is C22H25N3O2S. The summed E-state index contributed by atoms with van der Waals surface area (Å²) in [6, 6.07) is 13.9.